The van der Waals surface area contributed by atoms with Crippen molar-refractivity contribution in [2.45, 2.75) is 65.7 Å². The van der Waals surface area contributed by atoms with Gasteiger partial charge in [0.25, 0.3) is 5.91 Å². The first kappa shape index (κ1) is 31.3. The zero-order valence-electron chi connectivity index (χ0n) is 26.6. The third kappa shape index (κ3) is 5.64. The van der Waals surface area contributed by atoms with Crippen LogP contribution in [0.4, 0.5) is 5.00 Å². The number of carbonyl (C=O) groups excluding carboxylic acids is 3. The van der Waals surface area contributed by atoms with Crippen molar-refractivity contribution >= 4 is 34.1 Å². The minimum Gasteiger partial charge on any atom is -0.490 e. The number of carbonyl (C=O) groups is 3. The fourth-order valence-electron chi connectivity index (χ4n) is 6.78. The molecule has 3 aromatic rings. The molecule has 4 atom stereocenters. The van der Waals surface area contributed by atoms with Gasteiger partial charge in [-0.25, -0.2) is 9.69 Å². The van der Waals surface area contributed by atoms with Crippen LogP contribution < -0.4 is 14.4 Å². The predicted octanol–water partition coefficient (Wildman–Crippen LogP) is 6.14. The number of fused-ring (bicyclic) bond motifs is 2. The third-order valence-electron chi connectivity index (χ3n) is 9.22. The van der Waals surface area contributed by atoms with E-state index in [0.717, 1.165) is 34.4 Å². The lowest BCUT2D eigenvalue weighted by Gasteiger charge is -2.33. The molecule has 9 nitrogen and oxygen atoms in total. The van der Waals surface area contributed by atoms with E-state index in [2.05, 4.69) is 20.8 Å². The molecule has 2 fully saturated rings. The zero-order valence-corrected chi connectivity index (χ0v) is 27.4. The molecule has 1 aromatic heterocycles. The van der Waals surface area contributed by atoms with Gasteiger partial charge in [0.1, 0.15) is 11.6 Å². The molecule has 10 heteroatoms. The summed E-state index contributed by atoms with van der Waals surface area (Å²) in [4.78, 5) is 49.6. The lowest BCUT2D eigenvalue weighted by Crippen LogP contribution is -2.36. The van der Waals surface area contributed by atoms with Crippen molar-refractivity contribution in [2.24, 2.45) is 17.3 Å². The lowest BCUT2D eigenvalue weighted by molar-refractivity contribution is -0.160. The Morgan fingerprint density at radius 3 is 2.49 bits per heavy atom. The zero-order chi connectivity index (χ0) is 32.0. The molecule has 45 heavy (non-hydrogen) atoms. The van der Waals surface area contributed by atoms with Gasteiger partial charge in [-0.05, 0) is 66.3 Å². The van der Waals surface area contributed by atoms with Crippen LogP contribution in [0.5, 0.6) is 11.5 Å². The normalized spacial score (nSPS) is 23.2. The number of nitrogens with zero attached hydrogens (tertiary/aromatic N) is 2. The summed E-state index contributed by atoms with van der Waals surface area (Å²) in [7, 11) is 3.06. The van der Waals surface area contributed by atoms with E-state index < -0.39 is 35.8 Å². The molecule has 3 heterocycles. The Morgan fingerprint density at radius 2 is 1.80 bits per heavy atom. The third-order valence-corrected chi connectivity index (χ3v) is 10.5. The molecule has 0 bridgehead atoms. The molecule has 2 aromatic carbocycles. The highest BCUT2D eigenvalue weighted by Gasteiger charge is 2.60. The first-order chi connectivity index (χ1) is 21.5. The van der Waals surface area contributed by atoms with Crippen molar-refractivity contribution in [2.75, 3.05) is 25.7 Å². The van der Waals surface area contributed by atoms with Gasteiger partial charge in [0.05, 0.1) is 31.2 Å². The second kappa shape index (κ2) is 12.2. The fourth-order valence-corrected chi connectivity index (χ4v) is 8.20. The summed E-state index contributed by atoms with van der Waals surface area (Å²) in [5.41, 5.74) is 3.10. The van der Waals surface area contributed by atoms with Crippen LogP contribution in [0.1, 0.15) is 72.1 Å². The number of anilines is 1. The number of methoxy groups -OCH3 is 1. The van der Waals surface area contributed by atoms with E-state index in [1.54, 1.807) is 12.1 Å². The van der Waals surface area contributed by atoms with E-state index >= 15 is 0 Å². The monoisotopic (exact) mass is 632 g/mol. The van der Waals surface area contributed by atoms with Crippen molar-refractivity contribution in [3.63, 3.8) is 0 Å². The van der Waals surface area contributed by atoms with Gasteiger partial charge in [-0.1, -0.05) is 57.2 Å². The molecule has 2 saturated heterocycles. The van der Waals surface area contributed by atoms with Gasteiger partial charge >= 0.3 is 5.97 Å². The van der Waals surface area contributed by atoms with Gasteiger partial charge in [-0.15, -0.1) is 11.3 Å². The van der Waals surface area contributed by atoms with Gasteiger partial charge in [-0.2, -0.15) is 5.06 Å². The molecule has 0 radical (unpaired) electrons. The number of benzene rings is 2. The van der Waals surface area contributed by atoms with E-state index in [0.29, 0.717) is 47.6 Å². The van der Waals surface area contributed by atoms with Crippen molar-refractivity contribution in [1.29, 1.82) is 0 Å². The number of rotatable bonds is 8. The van der Waals surface area contributed by atoms with E-state index in [1.807, 2.05) is 55.5 Å². The van der Waals surface area contributed by atoms with Gasteiger partial charge in [0, 0.05) is 11.9 Å². The topological polar surface area (TPSA) is 94.6 Å². The van der Waals surface area contributed by atoms with Crippen LogP contribution in [-0.4, -0.2) is 49.7 Å². The first-order valence-corrected chi connectivity index (χ1v) is 16.3. The Balaban J connectivity index is 1.32. The summed E-state index contributed by atoms with van der Waals surface area (Å²) >= 11 is 1.36. The summed E-state index contributed by atoms with van der Waals surface area (Å²) < 4.78 is 17.2. The Labute approximate surface area is 268 Å². The summed E-state index contributed by atoms with van der Waals surface area (Å²) in [5.74, 6) is -0.647. The number of esters is 1. The van der Waals surface area contributed by atoms with Gasteiger partial charge in [0.2, 0.25) is 5.91 Å². The van der Waals surface area contributed by atoms with Crippen LogP contribution in [0, 0.1) is 17.3 Å². The second-order valence-electron chi connectivity index (χ2n) is 12.9. The molecular formula is C35H40N2O7S. The van der Waals surface area contributed by atoms with Gasteiger partial charge in [0.15, 0.2) is 17.6 Å². The maximum Gasteiger partial charge on any atom is 0.341 e. The average Bonchev–Trinajstić information content (AvgIpc) is 3.64. The van der Waals surface area contributed by atoms with Crippen LogP contribution in [-0.2, 0) is 38.6 Å². The molecule has 0 spiro atoms. The van der Waals surface area contributed by atoms with Crippen LogP contribution in [0.3, 0.4) is 0 Å². The molecule has 3 aliphatic rings. The minimum absolute atomic E-state index is 0.0949. The molecule has 0 saturated carbocycles. The van der Waals surface area contributed by atoms with Crippen molar-refractivity contribution < 1.29 is 33.4 Å². The Hall–Kier alpha value is -3.73. The van der Waals surface area contributed by atoms with Crippen molar-refractivity contribution in [1.82, 2.24) is 5.06 Å². The van der Waals surface area contributed by atoms with Crippen LogP contribution in [0.15, 0.2) is 48.5 Å². The number of imide groups is 1. The SMILES string of the molecule is CCOc1cc([C@@H]2[C@@H]3C(=O)N(c4sc5c(c4C(=O)OC)CC[C@H](C(C)(C)C)C5)C(=O)[C@H]3ON2C)ccc1OCc1ccccc1. The van der Waals surface area contributed by atoms with Crippen LogP contribution in [0.25, 0.3) is 0 Å². The van der Waals surface area contributed by atoms with E-state index in [-0.39, 0.29) is 5.41 Å². The Morgan fingerprint density at radius 1 is 1.04 bits per heavy atom. The minimum atomic E-state index is -1.01. The predicted molar refractivity (Wildman–Crippen MR) is 170 cm³/mol. The maximum absolute atomic E-state index is 14.3. The molecular weight excluding hydrogens is 592 g/mol. The van der Waals surface area contributed by atoms with Crippen molar-refractivity contribution in [3.05, 3.63) is 75.7 Å². The largest absolute Gasteiger partial charge is 0.490 e. The highest BCUT2D eigenvalue weighted by atomic mass is 32.1. The number of hydrogen-bond donors (Lipinski definition) is 0. The molecule has 0 unspecified atom stereocenters. The summed E-state index contributed by atoms with van der Waals surface area (Å²) in [6.07, 6.45) is 1.40. The summed E-state index contributed by atoms with van der Waals surface area (Å²) in [5, 5.41) is 1.92. The molecule has 6 rings (SSSR count). The van der Waals surface area contributed by atoms with Gasteiger partial charge in [-0.3, -0.25) is 14.4 Å². The highest BCUT2D eigenvalue weighted by Crippen LogP contribution is 2.51. The molecule has 2 amide bonds. The standard InChI is InChI=1S/C35H40N2O7S/c1-7-42-25-17-21(13-16-24(25)43-19-20-11-9-8-10-12-20)29-28-30(44-36(29)5)32(39)37(31(28)38)33-27(34(40)41-6)23-15-14-22(35(2,3)4)18-26(23)45-33/h8-13,16-17,22,28-30H,7,14-15,18-19H2,1-6H3/t22-,28-,29+,30-/m0/s1. The fraction of sp³-hybridized carbons (Fsp3) is 0.457. The maximum atomic E-state index is 14.3. The number of amides is 2. The number of ether oxygens (including phenoxy) is 3. The quantitative estimate of drug-likeness (QED) is 0.216. The molecule has 1 aliphatic carbocycles. The Kier molecular flexibility index (Phi) is 8.49. The van der Waals surface area contributed by atoms with E-state index in [4.69, 9.17) is 19.0 Å². The van der Waals surface area contributed by atoms with Crippen LogP contribution >= 0.6 is 11.3 Å². The second-order valence-corrected chi connectivity index (χ2v) is 14.0. The van der Waals surface area contributed by atoms with Crippen molar-refractivity contribution in [3.8, 4) is 11.5 Å². The average molecular weight is 633 g/mol. The summed E-state index contributed by atoms with van der Waals surface area (Å²) in [6.45, 7) is 9.37. The number of hydroxylamine groups is 2. The van der Waals surface area contributed by atoms with Gasteiger partial charge < -0.3 is 14.2 Å². The lowest BCUT2D eigenvalue weighted by atomic mass is 9.72. The summed E-state index contributed by atoms with van der Waals surface area (Å²) in [6, 6.07) is 14.9. The number of thiophene rings is 1. The van der Waals surface area contributed by atoms with E-state index in [9.17, 15) is 14.4 Å². The number of hydrogen-bond acceptors (Lipinski definition) is 9. The highest BCUT2D eigenvalue weighted by molar-refractivity contribution is 7.17. The molecule has 238 valence electrons. The Bertz CT molecular complexity index is 1610. The first-order valence-electron chi connectivity index (χ1n) is 15.5. The molecule has 2 aliphatic heterocycles. The van der Waals surface area contributed by atoms with Crippen LogP contribution in [0.2, 0.25) is 0 Å². The van der Waals surface area contributed by atoms with E-state index in [1.165, 1.54) is 23.3 Å². The molecule has 0 N–H and O–H groups in total. The smallest absolute Gasteiger partial charge is 0.341 e.